The lowest BCUT2D eigenvalue weighted by molar-refractivity contribution is 0.165. The van der Waals surface area contributed by atoms with Gasteiger partial charge >= 0.3 is 0 Å². The summed E-state index contributed by atoms with van der Waals surface area (Å²) in [5, 5.41) is 13.3. The molecule has 0 saturated heterocycles. The van der Waals surface area contributed by atoms with E-state index >= 15 is 0 Å². The molecule has 2 atom stereocenters. The first-order valence-corrected chi connectivity index (χ1v) is 6.13. The SMILES string of the molecule is CC1CNc2cc(C(O)CCCN)ccc2O1. The van der Waals surface area contributed by atoms with Gasteiger partial charge in [-0.15, -0.1) is 0 Å². The Morgan fingerprint density at radius 1 is 1.59 bits per heavy atom. The third-order valence-electron chi connectivity index (χ3n) is 2.98. The normalized spacial score (nSPS) is 20.1. The van der Waals surface area contributed by atoms with E-state index in [1.54, 1.807) is 0 Å². The molecule has 0 saturated carbocycles. The summed E-state index contributed by atoms with van der Waals surface area (Å²) in [5.41, 5.74) is 7.32. The van der Waals surface area contributed by atoms with Crippen molar-refractivity contribution < 1.29 is 9.84 Å². The fraction of sp³-hybridized carbons (Fsp3) is 0.538. The van der Waals surface area contributed by atoms with Gasteiger partial charge in [0.05, 0.1) is 18.3 Å². The summed E-state index contributed by atoms with van der Waals surface area (Å²) in [6.07, 6.45) is 1.28. The second-order valence-corrected chi connectivity index (χ2v) is 4.51. The number of ether oxygens (including phenoxy) is 1. The van der Waals surface area contributed by atoms with Crippen LogP contribution >= 0.6 is 0 Å². The minimum atomic E-state index is -0.440. The highest BCUT2D eigenvalue weighted by Gasteiger charge is 2.17. The number of hydrogen-bond donors (Lipinski definition) is 3. The number of rotatable bonds is 4. The molecule has 4 heteroatoms. The highest BCUT2D eigenvalue weighted by molar-refractivity contribution is 5.59. The van der Waals surface area contributed by atoms with Gasteiger partial charge in [-0.1, -0.05) is 6.07 Å². The van der Waals surface area contributed by atoms with Crippen molar-refractivity contribution in [2.24, 2.45) is 5.73 Å². The molecule has 1 heterocycles. The van der Waals surface area contributed by atoms with Gasteiger partial charge in [-0.3, -0.25) is 0 Å². The highest BCUT2D eigenvalue weighted by atomic mass is 16.5. The summed E-state index contributed by atoms with van der Waals surface area (Å²) in [6, 6.07) is 5.79. The van der Waals surface area contributed by atoms with Gasteiger partial charge in [0, 0.05) is 0 Å². The quantitative estimate of drug-likeness (QED) is 0.743. The minimum Gasteiger partial charge on any atom is -0.487 e. The van der Waals surface area contributed by atoms with Crippen molar-refractivity contribution >= 4 is 5.69 Å². The summed E-state index contributed by atoms with van der Waals surface area (Å²) in [5.74, 6) is 0.860. The summed E-state index contributed by atoms with van der Waals surface area (Å²) in [4.78, 5) is 0. The van der Waals surface area contributed by atoms with Crippen molar-refractivity contribution in [2.45, 2.75) is 32.0 Å². The summed E-state index contributed by atoms with van der Waals surface area (Å²) >= 11 is 0. The second kappa shape index (κ2) is 5.38. The van der Waals surface area contributed by atoms with Gasteiger partial charge in [-0.05, 0) is 44.0 Å². The van der Waals surface area contributed by atoms with Crippen LogP contribution in [0.4, 0.5) is 5.69 Å². The molecule has 1 aliphatic heterocycles. The molecule has 0 fully saturated rings. The van der Waals surface area contributed by atoms with E-state index in [0.29, 0.717) is 13.0 Å². The number of anilines is 1. The fourth-order valence-corrected chi connectivity index (χ4v) is 1.99. The standard InChI is InChI=1S/C13H20N2O2/c1-9-8-15-11-7-10(4-5-13(11)17-9)12(16)3-2-6-14/h4-5,7,9,12,15-16H,2-3,6,8,14H2,1H3. The predicted octanol–water partition coefficient (Wildman–Crippen LogP) is 1.65. The maximum Gasteiger partial charge on any atom is 0.142 e. The zero-order valence-corrected chi connectivity index (χ0v) is 10.1. The van der Waals surface area contributed by atoms with Crippen molar-refractivity contribution in [2.75, 3.05) is 18.4 Å². The molecule has 0 bridgehead atoms. The van der Waals surface area contributed by atoms with E-state index < -0.39 is 6.10 Å². The lowest BCUT2D eigenvalue weighted by atomic mass is 10.0. The molecule has 0 amide bonds. The van der Waals surface area contributed by atoms with E-state index in [9.17, 15) is 5.11 Å². The lowest BCUT2D eigenvalue weighted by Crippen LogP contribution is -2.27. The number of aliphatic hydroxyl groups excluding tert-OH is 1. The van der Waals surface area contributed by atoms with Crippen molar-refractivity contribution in [3.8, 4) is 5.75 Å². The fourth-order valence-electron chi connectivity index (χ4n) is 1.99. The Bertz CT molecular complexity index is 382. The average Bonchev–Trinajstić information content (AvgIpc) is 2.35. The molecular weight excluding hydrogens is 216 g/mol. The van der Waals surface area contributed by atoms with Crippen LogP contribution in [-0.2, 0) is 0 Å². The van der Waals surface area contributed by atoms with Crippen LogP contribution in [0.2, 0.25) is 0 Å². The zero-order chi connectivity index (χ0) is 12.3. The van der Waals surface area contributed by atoms with Gasteiger partial charge in [0.2, 0.25) is 0 Å². The molecule has 1 aromatic rings. The Morgan fingerprint density at radius 3 is 3.18 bits per heavy atom. The maximum absolute atomic E-state index is 9.98. The summed E-state index contributed by atoms with van der Waals surface area (Å²) in [6.45, 7) is 3.44. The Balaban J connectivity index is 2.10. The van der Waals surface area contributed by atoms with E-state index in [0.717, 1.165) is 30.0 Å². The minimum absolute atomic E-state index is 0.190. The van der Waals surface area contributed by atoms with Crippen LogP contribution in [0.5, 0.6) is 5.75 Å². The molecule has 17 heavy (non-hydrogen) atoms. The number of aliphatic hydroxyl groups is 1. The third kappa shape index (κ3) is 2.90. The highest BCUT2D eigenvalue weighted by Crippen LogP contribution is 2.32. The molecule has 2 rings (SSSR count). The molecule has 0 aliphatic carbocycles. The molecule has 1 aliphatic rings. The average molecular weight is 236 g/mol. The second-order valence-electron chi connectivity index (χ2n) is 4.51. The summed E-state index contributed by atoms with van der Waals surface area (Å²) < 4.78 is 5.68. The zero-order valence-electron chi connectivity index (χ0n) is 10.1. The molecule has 0 radical (unpaired) electrons. The summed E-state index contributed by atoms with van der Waals surface area (Å²) in [7, 11) is 0. The number of fused-ring (bicyclic) bond motifs is 1. The van der Waals surface area contributed by atoms with E-state index in [1.165, 1.54) is 0 Å². The number of nitrogens with two attached hydrogens (primary N) is 1. The molecule has 2 unspecified atom stereocenters. The number of benzene rings is 1. The molecule has 94 valence electrons. The van der Waals surface area contributed by atoms with E-state index in [2.05, 4.69) is 5.32 Å². The first-order chi connectivity index (χ1) is 8.20. The van der Waals surface area contributed by atoms with E-state index in [1.807, 2.05) is 25.1 Å². The first kappa shape index (κ1) is 12.2. The van der Waals surface area contributed by atoms with Gasteiger partial charge in [0.25, 0.3) is 0 Å². The van der Waals surface area contributed by atoms with Gasteiger partial charge in [0.15, 0.2) is 0 Å². The molecule has 1 aromatic carbocycles. The topological polar surface area (TPSA) is 67.5 Å². The Labute approximate surface area is 102 Å². The van der Waals surface area contributed by atoms with Crippen LogP contribution in [0.1, 0.15) is 31.4 Å². The van der Waals surface area contributed by atoms with Crippen molar-refractivity contribution in [3.63, 3.8) is 0 Å². The lowest BCUT2D eigenvalue weighted by Gasteiger charge is -2.25. The third-order valence-corrected chi connectivity index (χ3v) is 2.98. The van der Waals surface area contributed by atoms with Crippen LogP contribution in [0.25, 0.3) is 0 Å². The monoisotopic (exact) mass is 236 g/mol. The molecule has 0 aromatic heterocycles. The number of nitrogens with one attached hydrogen (secondary N) is 1. The van der Waals surface area contributed by atoms with Gasteiger partial charge < -0.3 is 20.9 Å². The van der Waals surface area contributed by atoms with Crippen LogP contribution in [0, 0.1) is 0 Å². The van der Waals surface area contributed by atoms with Gasteiger partial charge in [0.1, 0.15) is 11.9 Å². The maximum atomic E-state index is 9.98. The van der Waals surface area contributed by atoms with Gasteiger partial charge in [-0.25, -0.2) is 0 Å². The van der Waals surface area contributed by atoms with E-state index in [-0.39, 0.29) is 6.10 Å². The molecule has 0 spiro atoms. The first-order valence-electron chi connectivity index (χ1n) is 6.13. The van der Waals surface area contributed by atoms with Crippen LogP contribution in [0.15, 0.2) is 18.2 Å². The molecule has 4 N–H and O–H groups in total. The smallest absolute Gasteiger partial charge is 0.142 e. The largest absolute Gasteiger partial charge is 0.487 e. The van der Waals surface area contributed by atoms with Crippen LogP contribution < -0.4 is 15.8 Å². The van der Waals surface area contributed by atoms with E-state index in [4.69, 9.17) is 10.5 Å². The van der Waals surface area contributed by atoms with Crippen molar-refractivity contribution in [1.82, 2.24) is 0 Å². The Hall–Kier alpha value is -1.26. The number of hydrogen-bond acceptors (Lipinski definition) is 4. The Kier molecular flexibility index (Phi) is 3.86. The van der Waals surface area contributed by atoms with Crippen molar-refractivity contribution in [3.05, 3.63) is 23.8 Å². The van der Waals surface area contributed by atoms with Crippen LogP contribution in [0.3, 0.4) is 0 Å². The molecule has 4 nitrogen and oxygen atoms in total. The predicted molar refractivity (Wildman–Crippen MR) is 68.3 cm³/mol. The Morgan fingerprint density at radius 2 is 2.41 bits per heavy atom. The molecular formula is C13H20N2O2. The van der Waals surface area contributed by atoms with Crippen molar-refractivity contribution in [1.29, 1.82) is 0 Å². The van der Waals surface area contributed by atoms with Gasteiger partial charge in [-0.2, -0.15) is 0 Å². The van der Waals surface area contributed by atoms with Crippen LogP contribution in [-0.4, -0.2) is 24.3 Å².